The largest absolute Gasteiger partial charge is 0.374 e. The van der Waals surface area contributed by atoms with Crippen LogP contribution < -0.4 is 5.43 Å². The number of fused-ring (bicyclic) bond motifs is 2. The first-order valence-corrected chi connectivity index (χ1v) is 8.60. The van der Waals surface area contributed by atoms with E-state index in [4.69, 9.17) is 4.74 Å². The van der Waals surface area contributed by atoms with Gasteiger partial charge in [0.25, 0.3) is 0 Å². The molecule has 2 heterocycles. The van der Waals surface area contributed by atoms with E-state index < -0.39 is 0 Å². The average Bonchev–Trinajstić information content (AvgIpc) is 3.10. The van der Waals surface area contributed by atoms with E-state index in [0.29, 0.717) is 31.5 Å². The van der Waals surface area contributed by atoms with E-state index in [9.17, 15) is 9.59 Å². The minimum atomic E-state index is -0.0878. The van der Waals surface area contributed by atoms with Crippen molar-refractivity contribution < 1.29 is 9.53 Å². The predicted molar refractivity (Wildman–Crippen MR) is 89.7 cm³/mol. The van der Waals surface area contributed by atoms with Gasteiger partial charge in [0, 0.05) is 18.4 Å². The number of amides is 1. The Balaban J connectivity index is 1.50. The lowest BCUT2D eigenvalue weighted by Crippen LogP contribution is -2.51. The minimum absolute atomic E-state index is 0.0878. The number of hydrogen-bond acceptors (Lipinski definition) is 4. The molecular weight excluding hydrogens is 306 g/mol. The summed E-state index contributed by atoms with van der Waals surface area (Å²) in [5, 5.41) is 4.84. The molecule has 2 fully saturated rings. The summed E-state index contributed by atoms with van der Waals surface area (Å²) in [5.74, 6) is 0.153. The van der Waals surface area contributed by atoms with Crippen LogP contribution in [0, 0.1) is 0 Å². The Hall–Kier alpha value is -2.21. The summed E-state index contributed by atoms with van der Waals surface area (Å²) < 4.78 is 7.52. The second-order valence-electron chi connectivity index (χ2n) is 6.49. The summed E-state index contributed by atoms with van der Waals surface area (Å²) >= 11 is 0. The number of ether oxygens (including phenoxy) is 1. The predicted octanol–water partition coefficient (Wildman–Crippen LogP) is 1.57. The SMILES string of the molecule is O=C(CCn1ncc(=O)c2ccccc21)N1CCO[C@@H]2CCC[C@@H]21. The van der Waals surface area contributed by atoms with Crippen LogP contribution in [0.25, 0.3) is 10.9 Å². The summed E-state index contributed by atoms with van der Waals surface area (Å²) in [6.07, 6.45) is 5.16. The number of rotatable bonds is 3. The fraction of sp³-hybridized carbons (Fsp3) is 0.500. The van der Waals surface area contributed by atoms with E-state index in [0.717, 1.165) is 24.8 Å². The number of morpholine rings is 1. The van der Waals surface area contributed by atoms with Crippen molar-refractivity contribution in [2.75, 3.05) is 13.2 Å². The Bertz CT molecular complexity index is 817. The summed E-state index contributed by atoms with van der Waals surface area (Å²) in [7, 11) is 0. The smallest absolute Gasteiger partial charge is 0.224 e. The normalized spacial score (nSPS) is 23.4. The van der Waals surface area contributed by atoms with Crippen molar-refractivity contribution in [1.29, 1.82) is 0 Å². The molecule has 1 aliphatic carbocycles. The molecule has 0 radical (unpaired) electrons. The summed E-state index contributed by atoms with van der Waals surface area (Å²) in [6.45, 7) is 1.79. The lowest BCUT2D eigenvalue weighted by Gasteiger charge is -2.37. The van der Waals surface area contributed by atoms with Crippen LogP contribution >= 0.6 is 0 Å². The zero-order chi connectivity index (χ0) is 16.5. The molecular formula is C18H21N3O3. The first-order valence-electron chi connectivity index (χ1n) is 8.60. The van der Waals surface area contributed by atoms with E-state index in [-0.39, 0.29) is 23.5 Å². The molecule has 126 valence electrons. The maximum atomic E-state index is 12.7. The van der Waals surface area contributed by atoms with Gasteiger partial charge in [-0.3, -0.25) is 14.3 Å². The van der Waals surface area contributed by atoms with Crippen LogP contribution in [0.4, 0.5) is 0 Å². The minimum Gasteiger partial charge on any atom is -0.374 e. The lowest BCUT2D eigenvalue weighted by molar-refractivity contribution is -0.144. The molecule has 6 heteroatoms. The summed E-state index contributed by atoms with van der Waals surface area (Å²) in [5.41, 5.74) is 0.689. The standard InChI is InChI=1S/C18H21N3O3/c22-16-12-19-21(14-5-2-1-4-13(14)16)9-8-18(23)20-10-11-24-17-7-3-6-15(17)20/h1-2,4-5,12,15,17H,3,6-11H2/t15-,17+/m0/s1. The average molecular weight is 327 g/mol. The molecule has 4 rings (SSSR count). The Kier molecular flexibility index (Phi) is 4.06. The van der Waals surface area contributed by atoms with Gasteiger partial charge in [0.05, 0.1) is 37.0 Å². The Labute approximate surface area is 140 Å². The van der Waals surface area contributed by atoms with Crippen molar-refractivity contribution in [2.24, 2.45) is 0 Å². The van der Waals surface area contributed by atoms with Crippen LogP contribution in [0.5, 0.6) is 0 Å². The van der Waals surface area contributed by atoms with Crippen LogP contribution in [0.15, 0.2) is 35.3 Å². The lowest BCUT2D eigenvalue weighted by atomic mass is 10.1. The molecule has 1 amide bonds. The fourth-order valence-electron chi connectivity index (χ4n) is 3.92. The monoisotopic (exact) mass is 327 g/mol. The number of benzene rings is 1. The zero-order valence-corrected chi connectivity index (χ0v) is 13.6. The van der Waals surface area contributed by atoms with Gasteiger partial charge in [0.2, 0.25) is 11.3 Å². The van der Waals surface area contributed by atoms with Crippen molar-refractivity contribution >= 4 is 16.8 Å². The molecule has 1 saturated carbocycles. The third-order valence-electron chi connectivity index (χ3n) is 5.10. The molecule has 0 N–H and O–H groups in total. The maximum Gasteiger partial charge on any atom is 0.224 e. The van der Waals surface area contributed by atoms with Crippen LogP contribution in [0.3, 0.4) is 0 Å². The second-order valence-corrected chi connectivity index (χ2v) is 6.49. The van der Waals surface area contributed by atoms with Crippen LogP contribution in [-0.2, 0) is 16.1 Å². The van der Waals surface area contributed by atoms with Gasteiger partial charge in [0.15, 0.2) is 0 Å². The summed E-state index contributed by atoms with van der Waals surface area (Å²) in [6, 6.07) is 7.63. The highest BCUT2D eigenvalue weighted by molar-refractivity contribution is 5.79. The quantitative estimate of drug-likeness (QED) is 0.858. The number of carbonyl (C=O) groups is 1. The van der Waals surface area contributed by atoms with Gasteiger partial charge in [-0.15, -0.1) is 0 Å². The van der Waals surface area contributed by atoms with Gasteiger partial charge in [-0.1, -0.05) is 12.1 Å². The van der Waals surface area contributed by atoms with Gasteiger partial charge in [-0.2, -0.15) is 5.10 Å². The second kappa shape index (κ2) is 6.36. The third-order valence-corrected chi connectivity index (χ3v) is 5.10. The van der Waals surface area contributed by atoms with E-state index in [1.165, 1.54) is 6.20 Å². The first-order chi connectivity index (χ1) is 11.7. The highest BCUT2D eigenvalue weighted by Gasteiger charge is 2.38. The van der Waals surface area contributed by atoms with E-state index in [1.54, 1.807) is 10.7 Å². The highest BCUT2D eigenvalue weighted by Crippen LogP contribution is 2.30. The van der Waals surface area contributed by atoms with Crippen LogP contribution in [0.2, 0.25) is 0 Å². The number of carbonyl (C=O) groups excluding carboxylic acids is 1. The summed E-state index contributed by atoms with van der Waals surface area (Å²) in [4.78, 5) is 26.6. The van der Waals surface area contributed by atoms with Gasteiger partial charge < -0.3 is 9.64 Å². The van der Waals surface area contributed by atoms with Gasteiger partial charge >= 0.3 is 0 Å². The fourth-order valence-corrected chi connectivity index (χ4v) is 3.92. The Morgan fingerprint density at radius 2 is 2.17 bits per heavy atom. The molecule has 6 nitrogen and oxygen atoms in total. The molecule has 0 unspecified atom stereocenters. The molecule has 1 aliphatic heterocycles. The number of aryl methyl sites for hydroxylation is 1. The molecule has 24 heavy (non-hydrogen) atoms. The molecule has 1 saturated heterocycles. The van der Waals surface area contributed by atoms with Gasteiger partial charge in [-0.05, 0) is 31.4 Å². The van der Waals surface area contributed by atoms with Crippen molar-refractivity contribution in [3.8, 4) is 0 Å². The Morgan fingerprint density at radius 1 is 1.29 bits per heavy atom. The number of para-hydroxylation sites is 1. The molecule has 2 aromatic rings. The molecule has 1 aromatic carbocycles. The van der Waals surface area contributed by atoms with Crippen molar-refractivity contribution in [1.82, 2.24) is 14.7 Å². The molecule has 0 spiro atoms. The highest BCUT2D eigenvalue weighted by atomic mass is 16.5. The zero-order valence-electron chi connectivity index (χ0n) is 13.6. The third kappa shape index (κ3) is 2.71. The van der Waals surface area contributed by atoms with Crippen LogP contribution in [0.1, 0.15) is 25.7 Å². The number of nitrogens with zero attached hydrogens (tertiary/aromatic N) is 3. The van der Waals surface area contributed by atoms with Crippen molar-refractivity contribution in [3.05, 3.63) is 40.7 Å². The number of aromatic nitrogens is 2. The first kappa shape index (κ1) is 15.3. The maximum absolute atomic E-state index is 12.7. The molecule has 2 aliphatic rings. The Morgan fingerprint density at radius 3 is 3.08 bits per heavy atom. The van der Waals surface area contributed by atoms with E-state index in [2.05, 4.69) is 5.10 Å². The molecule has 2 atom stereocenters. The topological polar surface area (TPSA) is 64.4 Å². The van der Waals surface area contributed by atoms with Crippen molar-refractivity contribution in [3.63, 3.8) is 0 Å². The van der Waals surface area contributed by atoms with Crippen molar-refractivity contribution in [2.45, 2.75) is 44.4 Å². The van der Waals surface area contributed by atoms with Gasteiger partial charge in [0.1, 0.15) is 0 Å². The van der Waals surface area contributed by atoms with Crippen LogP contribution in [-0.4, -0.2) is 45.9 Å². The molecule has 0 bridgehead atoms. The number of hydrogen-bond donors (Lipinski definition) is 0. The molecule has 1 aromatic heterocycles. The van der Waals surface area contributed by atoms with E-state index >= 15 is 0 Å². The van der Waals surface area contributed by atoms with Gasteiger partial charge in [-0.25, -0.2) is 0 Å². The van der Waals surface area contributed by atoms with E-state index in [1.807, 2.05) is 23.1 Å².